The molecule has 0 N–H and O–H groups in total. The third-order valence-corrected chi connectivity index (χ3v) is 2.44. The van der Waals surface area contributed by atoms with Gasteiger partial charge in [-0.2, -0.15) is 0 Å². The number of hydrogen-bond acceptors (Lipinski definition) is 3. The second-order valence-electron chi connectivity index (χ2n) is 3.21. The summed E-state index contributed by atoms with van der Waals surface area (Å²) >= 11 is 0. The average Bonchev–Trinajstić information content (AvgIpc) is 2.55. The Hall–Kier alpha value is -1.97. The minimum Gasteiger partial charge on any atom is -0.327 e. The number of benzene rings is 1. The molecular formula is C10H8N4. The van der Waals surface area contributed by atoms with Crippen molar-refractivity contribution in [1.82, 2.24) is 19.7 Å². The standard InChI is InChI=1S/C10H8N4/c1-14-8-5-3-2-4-7(8)9-10(14)11-6-12-13-9/h2-6H,1H3. The highest BCUT2D eigenvalue weighted by molar-refractivity contribution is 6.03. The SMILES string of the molecule is Cn1c2ccccc2c2nncnc21. The highest BCUT2D eigenvalue weighted by atomic mass is 15.2. The summed E-state index contributed by atoms with van der Waals surface area (Å²) in [4.78, 5) is 4.21. The quantitative estimate of drug-likeness (QED) is 0.532. The van der Waals surface area contributed by atoms with Gasteiger partial charge in [0, 0.05) is 12.4 Å². The molecule has 4 nitrogen and oxygen atoms in total. The molecule has 0 aliphatic heterocycles. The molecule has 3 aromatic rings. The van der Waals surface area contributed by atoms with E-state index in [-0.39, 0.29) is 0 Å². The van der Waals surface area contributed by atoms with Crippen molar-refractivity contribution in [3.8, 4) is 0 Å². The lowest BCUT2D eigenvalue weighted by molar-refractivity contribution is 0.952. The van der Waals surface area contributed by atoms with E-state index in [4.69, 9.17) is 0 Å². The number of aromatic nitrogens is 4. The molecule has 68 valence electrons. The predicted molar refractivity (Wildman–Crippen MR) is 53.8 cm³/mol. The van der Waals surface area contributed by atoms with Crippen molar-refractivity contribution in [2.75, 3.05) is 0 Å². The minimum atomic E-state index is 0.866. The molecule has 2 aromatic heterocycles. The molecule has 0 saturated carbocycles. The van der Waals surface area contributed by atoms with E-state index in [1.807, 2.05) is 29.8 Å². The third kappa shape index (κ3) is 0.797. The zero-order chi connectivity index (χ0) is 9.54. The van der Waals surface area contributed by atoms with Gasteiger partial charge in [0.05, 0.1) is 5.52 Å². The molecule has 0 unspecified atom stereocenters. The summed E-state index contributed by atoms with van der Waals surface area (Å²) in [5, 5.41) is 9.00. The minimum absolute atomic E-state index is 0.866. The molecule has 1 aromatic carbocycles. The van der Waals surface area contributed by atoms with E-state index in [2.05, 4.69) is 21.2 Å². The van der Waals surface area contributed by atoms with Gasteiger partial charge in [0.15, 0.2) is 5.65 Å². The van der Waals surface area contributed by atoms with Crippen LogP contribution in [0.4, 0.5) is 0 Å². The molecule has 0 aliphatic rings. The fourth-order valence-corrected chi connectivity index (χ4v) is 1.77. The predicted octanol–water partition coefficient (Wildman–Crippen LogP) is 1.52. The fourth-order valence-electron chi connectivity index (χ4n) is 1.77. The molecule has 0 saturated heterocycles. The second kappa shape index (κ2) is 2.51. The first kappa shape index (κ1) is 7.44. The van der Waals surface area contributed by atoms with E-state index >= 15 is 0 Å². The number of hydrogen-bond donors (Lipinski definition) is 0. The smallest absolute Gasteiger partial charge is 0.163 e. The Kier molecular flexibility index (Phi) is 1.33. The van der Waals surface area contributed by atoms with Crippen LogP contribution >= 0.6 is 0 Å². The molecular weight excluding hydrogens is 176 g/mol. The van der Waals surface area contributed by atoms with Gasteiger partial charge in [0.2, 0.25) is 0 Å². The lowest BCUT2D eigenvalue weighted by Gasteiger charge is -1.93. The summed E-state index contributed by atoms with van der Waals surface area (Å²) in [5.41, 5.74) is 2.88. The van der Waals surface area contributed by atoms with Gasteiger partial charge in [-0.05, 0) is 6.07 Å². The van der Waals surface area contributed by atoms with Crippen LogP contribution in [0.1, 0.15) is 0 Å². The maximum Gasteiger partial charge on any atom is 0.163 e. The van der Waals surface area contributed by atoms with E-state index in [1.165, 1.54) is 6.33 Å². The molecule has 3 rings (SSSR count). The maximum atomic E-state index is 4.21. The molecule has 0 bridgehead atoms. The highest BCUT2D eigenvalue weighted by Gasteiger charge is 2.08. The molecule has 0 fully saturated rings. The summed E-state index contributed by atoms with van der Waals surface area (Å²) in [6.45, 7) is 0. The molecule has 0 amide bonds. The number of aryl methyl sites for hydroxylation is 1. The van der Waals surface area contributed by atoms with E-state index in [0.29, 0.717) is 0 Å². The lowest BCUT2D eigenvalue weighted by Crippen LogP contribution is -1.90. The van der Waals surface area contributed by atoms with Crippen LogP contribution < -0.4 is 0 Å². The van der Waals surface area contributed by atoms with Crippen molar-refractivity contribution < 1.29 is 0 Å². The monoisotopic (exact) mass is 184 g/mol. The number of fused-ring (bicyclic) bond motifs is 3. The molecule has 0 atom stereocenters. The van der Waals surface area contributed by atoms with Gasteiger partial charge in [0.25, 0.3) is 0 Å². The fraction of sp³-hybridized carbons (Fsp3) is 0.100. The van der Waals surface area contributed by atoms with E-state index in [1.54, 1.807) is 0 Å². The maximum absolute atomic E-state index is 4.21. The molecule has 14 heavy (non-hydrogen) atoms. The van der Waals surface area contributed by atoms with Crippen LogP contribution in [-0.2, 0) is 7.05 Å². The van der Waals surface area contributed by atoms with Crippen molar-refractivity contribution in [1.29, 1.82) is 0 Å². The van der Waals surface area contributed by atoms with Crippen molar-refractivity contribution in [2.45, 2.75) is 0 Å². The topological polar surface area (TPSA) is 43.6 Å². The van der Waals surface area contributed by atoms with E-state index < -0.39 is 0 Å². The van der Waals surface area contributed by atoms with E-state index in [0.717, 1.165) is 22.1 Å². The zero-order valence-electron chi connectivity index (χ0n) is 7.68. The highest BCUT2D eigenvalue weighted by Crippen LogP contribution is 2.23. The van der Waals surface area contributed by atoms with Gasteiger partial charge in [-0.1, -0.05) is 18.2 Å². The first-order valence-electron chi connectivity index (χ1n) is 4.39. The first-order chi connectivity index (χ1) is 6.88. The largest absolute Gasteiger partial charge is 0.327 e. The summed E-state index contributed by atoms with van der Waals surface area (Å²) in [7, 11) is 1.99. The Morgan fingerprint density at radius 2 is 2.07 bits per heavy atom. The second-order valence-corrected chi connectivity index (χ2v) is 3.21. The summed E-state index contributed by atoms with van der Waals surface area (Å²) < 4.78 is 2.03. The van der Waals surface area contributed by atoms with Gasteiger partial charge >= 0.3 is 0 Å². The Bertz CT molecular complexity index is 558. The Labute approximate surface area is 80.2 Å². The zero-order valence-corrected chi connectivity index (χ0v) is 7.68. The van der Waals surface area contributed by atoms with Crippen LogP contribution in [0, 0.1) is 0 Å². The normalized spacial score (nSPS) is 11.2. The Balaban J connectivity index is 2.69. The molecule has 0 radical (unpaired) electrons. The van der Waals surface area contributed by atoms with Crippen LogP contribution in [0.5, 0.6) is 0 Å². The van der Waals surface area contributed by atoms with Gasteiger partial charge in [-0.3, -0.25) is 0 Å². The molecule has 0 spiro atoms. The summed E-state index contributed by atoms with van der Waals surface area (Å²) in [5.74, 6) is 0. The average molecular weight is 184 g/mol. The van der Waals surface area contributed by atoms with E-state index in [9.17, 15) is 0 Å². The van der Waals surface area contributed by atoms with Crippen LogP contribution in [0.25, 0.3) is 22.1 Å². The Morgan fingerprint density at radius 1 is 1.21 bits per heavy atom. The number of rotatable bonds is 0. The molecule has 0 aliphatic carbocycles. The summed E-state index contributed by atoms with van der Waals surface area (Å²) in [6, 6.07) is 8.10. The van der Waals surface area contributed by atoms with Gasteiger partial charge in [-0.25, -0.2) is 4.98 Å². The van der Waals surface area contributed by atoms with Gasteiger partial charge in [0.1, 0.15) is 11.8 Å². The van der Waals surface area contributed by atoms with Gasteiger partial charge in [-0.15, -0.1) is 10.2 Å². The molecule has 4 heteroatoms. The van der Waals surface area contributed by atoms with Crippen LogP contribution in [0.2, 0.25) is 0 Å². The van der Waals surface area contributed by atoms with Crippen LogP contribution in [0.15, 0.2) is 30.6 Å². The third-order valence-electron chi connectivity index (χ3n) is 2.44. The van der Waals surface area contributed by atoms with Crippen LogP contribution in [0.3, 0.4) is 0 Å². The first-order valence-corrected chi connectivity index (χ1v) is 4.39. The van der Waals surface area contributed by atoms with Crippen LogP contribution in [-0.4, -0.2) is 19.7 Å². The summed E-state index contributed by atoms with van der Waals surface area (Å²) in [6.07, 6.45) is 1.47. The van der Waals surface area contributed by atoms with Gasteiger partial charge < -0.3 is 4.57 Å². The number of nitrogens with zero attached hydrogens (tertiary/aromatic N) is 4. The van der Waals surface area contributed by atoms with Crippen molar-refractivity contribution in [3.63, 3.8) is 0 Å². The van der Waals surface area contributed by atoms with Crippen molar-refractivity contribution in [2.24, 2.45) is 7.05 Å². The molecule has 2 heterocycles. The Morgan fingerprint density at radius 3 is 3.00 bits per heavy atom. The van der Waals surface area contributed by atoms with Crippen molar-refractivity contribution >= 4 is 22.1 Å². The number of para-hydroxylation sites is 1. The lowest BCUT2D eigenvalue weighted by atomic mass is 10.2. The van der Waals surface area contributed by atoms with Crippen molar-refractivity contribution in [3.05, 3.63) is 30.6 Å².